The lowest BCUT2D eigenvalue weighted by Crippen LogP contribution is -2.40. The maximum atomic E-state index is 12.1. The third-order valence-corrected chi connectivity index (χ3v) is 5.48. The van der Waals surface area contributed by atoms with Crippen LogP contribution >= 0.6 is 23.5 Å². The van der Waals surface area contributed by atoms with Gasteiger partial charge < -0.3 is 5.32 Å². The van der Waals surface area contributed by atoms with Crippen molar-refractivity contribution in [1.82, 2.24) is 10.6 Å². The lowest BCUT2D eigenvalue weighted by atomic mass is 10.1. The number of benzene rings is 1. The molecule has 1 aromatic carbocycles. The van der Waals surface area contributed by atoms with Crippen LogP contribution in [-0.2, 0) is 11.2 Å². The van der Waals surface area contributed by atoms with Crippen molar-refractivity contribution < 1.29 is 9.59 Å². The molecule has 0 atom stereocenters. The first-order valence-electron chi connectivity index (χ1n) is 7.56. The highest BCUT2D eigenvalue weighted by Crippen LogP contribution is 2.28. The van der Waals surface area contributed by atoms with E-state index < -0.39 is 6.03 Å². The first-order valence-corrected chi connectivity index (χ1v) is 10.0. The molecule has 0 radical (unpaired) electrons. The number of carbonyl (C=O) groups is 2. The minimum Gasteiger partial charge on any atom is -0.338 e. The molecule has 1 rings (SSSR count). The van der Waals surface area contributed by atoms with Crippen LogP contribution in [0, 0.1) is 0 Å². The lowest BCUT2D eigenvalue weighted by molar-refractivity contribution is -0.116. The SMILES string of the molecule is CCC(C(=O)NC(=O)NCCCc1ccccc1)=C(SC)SC. The summed E-state index contributed by atoms with van der Waals surface area (Å²) < 4.78 is 0.946. The summed E-state index contributed by atoms with van der Waals surface area (Å²) >= 11 is 3.05. The summed E-state index contributed by atoms with van der Waals surface area (Å²) in [5.41, 5.74) is 1.90. The number of carbonyl (C=O) groups excluding carboxylic acids is 2. The summed E-state index contributed by atoms with van der Waals surface area (Å²) in [4.78, 5) is 23.9. The highest BCUT2D eigenvalue weighted by atomic mass is 32.2. The normalized spacial score (nSPS) is 10.0. The number of thioether (sulfide) groups is 2. The largest absolute Gasteiger partial charge is 0.338 e. The van der Waals surface area contributed by atoms with Crippen LogP contribution in [0.25, 0.3) is 0 Å². The zero-order valence-corrected chi connectivity index (χ0v) is 15.5. The molecule has 126 valence electrons. The van der Waals surface area contributed by atoms with Crippen molar-refractivity contribution in [2.45, 2.75) is 26.2 Å². The van der Waals surface area contributed by atoms with Gasteiger partial charge in [0, 0.05) is 16.4 Å². The van der Waals surface area contributed by atoms with Crippen LogP contribution in [0.15, 0.2) is 40.1 Å². The van der Waals surface area contributed by atoms with Gasteiger partial charge in [0.1, 0.15) is 0 Å². The Labute approximate surface area is 146 Å². The second kappa shape index (κ2) is 11.2. The molecule has 1 aromatic rings. The van der Waals surface area contributed by atoms with Crippen molar-refractivity contribution in [2.24, 2.45) is 0 Å². The Balaban J connectivity index is 2.38. The Hall–Kier alpha value is -1.40. The summed E-state index contributed by atoms with van der Waals surface area (Å²) in [6.45, 7) is 2.45. The van der Waals surface area contributed by atoms with Crippen LogP contribution in [-0.4, -0.2) is 31.0 Å². The summed E-state index contributed by atoms with van der Waals surface area (Å²) in [5, 5.41) is 5.14. The van der Waals surface area contributed by atoms with Gasteiger partial charge in [0.05, 0.1) is 0 Å². The first kappa shape index (κ1) is 19.6. The second-order valence-corrected chi connectivity index (χ2v) is 6.72. The summed E-state index contributed by atoms with van der Waals surface area (Å²) in [6.07, 6.45) is 6.20. The molecule has 0 fully saturated rings. The number of aryl methyl sites for hydroxylation is 1. The van der Waals surface area contributed by atoms with E-state index in [9.17, 15) is 9.59 Å². The van der Waals surface area contributed by atoms with E-state index in [0.29, 0.717) is 18.5 Å². The topological polar surface area (TPSA) is 58.2 Å². The molecule has 0 saturated carbocycles. The van der Waals surface area contributed by atoms with Gasteiger partial charge in [-0.1, -0.05) is 37.3 Å². The van der Waals surface area contributed by atoms with Crippen molar-refractivity contribution in [3.63, 3.8) is 0 Å². The van der Waals surface area contributed by atoms with Crippen LogP contribution < -0.4 is 10.6 Å². The molecule has 4 nitrogen and oxygen atoms in total. The summed E-state index contributed by atoms with van der Waals surface area (Å²) in [6, 6.07) is 9.68. The Morgan fingerprint density at radius 1 is 1.09 bits per heavy atom. The van der Waals surface area contributed by atoms with Crippen LogP contribution in [0.5, 0.6) is 0 Å². The van der Waals surface area contributed by atoms with E-state index >= 15 is 0 Å². The first-order chi connectivity index (χ1) is 11.1. The Morgan fingerprint density at radius 3 is 2.30 bits per heavy atom. The third-order valence-electron chi connectivity index (χ3n) is 3.24. The molecule has 0 aliphatic carbocycles. The van der Waals surface area contributed by atoms with Crippen molar-refractivity contribution in [1.29, 1.82) is 0 Å². The lowest BCUT2D eigenvalue weighted by Gasteiger charge is -2.11. The molecule has 0 saturated heterocycles. The quantitative estimate of drug-likeness (QED) is 0.552. The van der Waals surface area contributed by atoms with Gasteiger partial charge in [-0.25, -0.2) is 4.79 Å². The predicted molar refractivity (Wildman–Crippen MR) is 101 cm³/mol. The Morgan fingerprint density at radius 2 is 1.74 bits per heavy atom. The van der Waals surface area contributed by atoms with Gasteiger partial charge in [-0.05, 0) is 37.3 Å². The van der Waals surface area contributed by atoms with E-state index in [1.165, 1.54) is 29.1 Å². The van der Waals surface area contributed by atoms with Gasteiger partial charge in [-0.2, -0.15) is 0 Å². The molecule has 6 heteroatoms. The van der Waals surface area contributed by atoms with Crippen molar-refractivity contribution >= 4 is 35.5 Å². The smallest absolute Gasteiger partial charge is 0.321 e. The van der Waals surface area contributed by atoms with Gasteiger partial charge >= 0.3 is 6.03 Å². The van der Waals surface area contributed by atoms with E-state index in [0.717, 1.165) is 17.1 Å². The highest BCUT2D eigenvalue weighted by Gasteiger charge is 2.15. The van der Waals surface area contributed by atoms with Crippen molar-refractivity contribution in [3.8, 4) is 0 Å². The van der Waals surface area contributed by atoms with Crippen LogP contribution in [0.4, 0.5) is 4.79 Å². The summed E-state index contributed by atoms with van der Waals surface area (Å²) in [7, 11) is 0. The van der Waals surface area contributed by atoms with Crippen molar-refractivity contribution in [3.05, 3.63) is 45.7 Å². The molecular weight excluding hydrogens is 328 g/mol. The molecule has 0 bridgehead atoms. The molecular formula is C17H24N2O2S2. The number of imide groups is 1. The number of rotatable bonds is 8. The molecule has 0 aliphatic heterocycles. The van der Waals surface area contributed by atoms with Gasteiger partial charge in [0.25, 0.3) is 5.91 Å². The van der Waals surface area contributed by atoms with Crippen LogP contribution in [0.2, 0.25) is 0 Å². The van der Waals surface area contributed by atoms with Crippen LogP contribution in [0.1, 0.15) is 25.3 Å². The van der Waals surface area contributed by atoms with E-state index in [1.54, 1.807) is 0 Å². The van der Waals surface area contributed by atoms with E-state index in [-0.39, 0.29) is 5.91 Å². The molecule has 0 aliphatic rings. The Kier molecular flexibility index (Phi) is 9.55. The molecule has 23 heavy (non-hydrogen) atoms. The van der Waals surface area contributed by atoms with Crippen molar-refractivity contribution in [2.75, 3.05) is 19.1 Å². The molecule has 0 heterocycles. The minimum absolute atomic E-state index is 0.313. The average Bonchev–Trinajstić information content (AvgIpc) is 2.57. The molecule has 0 aromatic heterocycles. The third kappa shape index (κ3) is 7.14. The average molecular weight is 353 g/mol. The Bertz CT molecular complexity index is 539. The minimum atomic E-state index is -0.435. The fourth-order valence-corrected chi connectivity index (χ4v) is 3.72. The number of hydrogen-bond donors (Lipinski definition) is 2. The van der Waals surface area contributed by atoms with E-state index in [1.807, 2.05) is 37.6 Å². The van der Waals surface area contributed by atoms with Gasteiger partial charge in [0.15, 0.2) is 0 Å². The standard InChI is InChI=1S/C17H24N2O2S2/c1-4-14(16(22-2)23-3)15(20)19-17(21)18-12-8-11-13-9-6-5-7-10-13/h5-7,9-10H,4,8,11-12H2,1-3H3,(H2,18,19,20,21). The second-order valence-electron chi connectivity index (χ2n) is 4.83. The molecule has 3 amide bonds. The number of urea groups is 1. The zero-order chi connectivity index (χ0) is 17.1. The fourth-order valence-electron chi connectivity index (χ4n) is 2.09. The fraction of sp³-hybridized carbons (Fsp3) is 0.412. The van der Waals surface area contributed by atoms with Crippen LogP contribution in [0.3, 0.4) is 0 Å². The summed E-state index contributed by atoms with van der Waals surface area (Å²) in [5.74, 6) is -0.313. The van der Waals surface area contributed by atoms with Gasteiger partial charge in [0.2, 0.25) is 0 Å². The number of nitrogens with one attached hydrogen (secondary N) is 2. The van der Waals surface area contributed by atoms with Gasteiger partial charge in [-0.3, -0.25) is 10.1 Å². The highest BCUT2D eigenvalue weighted by molar-refractivity contribution is 8.21. The number of amides is 3. The monoisotopic (exact) mass is 352 g/mol. The predicted octanol–water partition coefficient (Wildman–Crippen LogP) is 3.79. The maximum absolute atomic E-state index is 12.1. The molecule has 2 N–H and O–H groups in total. The molecule has 0 spiro atoms. The number of hydrogen-bond acceptors (Lipinski definition) is 4. The maximum Gasteiger partial charge on any atom is 0.321 e. The molecule has 0 unspecified atom stereocenters. The van der Waals surface area contributed by atoms with E-state index in [2.05, 4.69) is 22.8 Å². The zero-order valence-electron chi connectivity index (χ0n) is 13.8. The van der Waals surface area contributed by atoms with Gasteiger partial charge in [-0.15, -0.1) is 23.5 Å². The van der Waals surface area contributed by atoms with E-state index in [4.69, 9.17) is 0 Å².